The molecule has 0 fully saturated rings. The second kappa shape index (κ2) is 4.59. The van der Waals surface area contributed by atoms with E-state index in [2.05, 4.69) is 0 Å². The summed E-state index contributed by atoms with van der Waals surface area (Å²) in [6, 6.07) is 12.1. The van der Waals surface area contributed by atoms with Gasteiger partial charge in [-0.3, -0.25) is 0 Å². The van der Waals surface area contributed by atoms with E-state index >= 15 is 0 Å². The van der Waals surface area contributed by atoms with Crippen molar-refractivity contribution in [2.24, 2.45) is 0 Å². The van der Waals surface area contributed by atoms with Gasteiger partial charge in [-0.2, -0.15) is 0 Å². The first-order valence-electron chi connectivity index (χ1n) is 6.41. The second-order valence-corrected chi connectivity index (χ2v) is 4.99. The summed E-state index contributed by atoms with van der Waals surface area (Å²) in [7, 11) is 0. The maximum absolute atomic E-state index is 11.7. The number of fused-ring (bicyclic) bond motifs is 2. The molecule has 0 unspecified atom stereocenters. The summed E-state index contributed by atoms with van der Waals surface area (Å²) in [6.07, 6.45) is 0. The number of carboxylic acid groups (broad SMARTS) is 2. The Hall–Kier alpha value is -2.88. The predicted octanol–water partition coefficient (Wildman–Crippen LogP) is 3.70. The van der Waals surface area contributed by atoms with Gasteiger partial charge in [-0.05, 0) is 35.2 Å². The lowest BCUT2D eigenvalue weighted by Crippen LogP contribution is -2.05. The number of aromatic carboxylic acids is 2. The first-order chi connectivity index (χ1) is 9.99. The van der Waals surface area contributed by atoms with Crippen LogP contribution in [0.3, 0.4) is 0 Å². The van der Waals surface area contributed by atoms with E-state index in [0.29, 0.717) is 10.8 Å². The lowest BCUT2D eigenvalue weighted by Gasteiger charge is -2.11. The van der Waals surface area contributed by atoms with Gasteiger partial charge >= 0.3 is 11.9 Å². The van der Waals surface area contributed by atoms with Gasteiger partial charge in [0.15, 0.2) is 0 Å². The predicted molar refractivity (Wildman–Crippen MR) is 80.1 cm³/mol. The van der Waals surface area contributed by atoms with Crippen molar-refractivity contribution in [3.05, 3.63) is 59.2 Å². The van der Waals surface area contributed by atoms with E-state index in [1.54, 1.807) is 18.2 Å². The van der Waals surface area contributed by atoms with Crippen LogP contribution in [0.15, 0.2) is 42.5 Å². The van der Waals surface area contributed by atoms with E-state index in [1.165, 1.54) is 6.07 Å². The van der Waals surface area contributed by atoms with Crippen molar-refractivity contribution < 1.29 is 19.8 Å². The Labute approximate surface area is 120 Å². The third-order valence-electron chi connectivity index (χ3n) is 3.58. The quantitative estimate of drug-likeness (QED) is 0.702. The molecular formula is C17H12O4. The number of benzene rings is 3. The number of carbonyl (C=O) groups is 2. The molecule has 0 atom stereocenters. The van der Waals surface area contributed by atoms with Crippen LogP contribution in [0.5, 0.6) is 0 Å². The highest BCUT2D eigenvalue weighted by molar-refractivity contribution is 6.20. The molecule has 0 aliphatic rings. The van der Waals surface area contributed by atoms with Crippen molar-refractivity contribution in [2.75, 3.05) is 0 Å². The van der Waals surface area contributed by atoms with Crippen LogP contribution >= 0.6 is 0 Å². The molecule has 3 rings (SSSR count). The summed E-state index contributed by atoms with van der Waals surface area (Å²) in [5, 5.41) is 21.1. The lowest BCUT2D eigenvalue weighted by atomic mass is 9.93. The minimum Gasteiger partial charge on any atom is -0.478 e. The standard InChI is InChI=1S/C17H12O4/c1-9-5-6-10-8-11-3-2-4-12(16(18)19)14(11)15(17(20)21)13(10)7-9/h2-8H,1H3,(H,18,19)(H,20,21). The van der Waals surface area contributed by atoms with Gasteiger partial charge < -0.3 is 10.2 Å². The third-order valence-corrected chi connectivity index (χ3v) is 3.58. The molecule has 21 heavy (non-hydrogen) atoms. The molecule has 0 heterocycles. The zero-order chi connectivity index (χ0) is 15.1. The highest BCUT2D eigenvalue weighted by Gasteiger charge is 2.19. The van der Waals surface area contributed by atoms with Crippen molar-refractivity contribution in [2.45, 2.75) is 6.92 Å². The third kappa shape index (κ3) is 2.01. The van der Waals surface area contributed by atoms with Gasteiger partial charge in [-0.1, -0.05) is 35.9 Å². The molecule has 3 aromatic carbocycles. The van der Waals surface area contributed by atoms with Crippen LogP contribution < -0.4 is 0 Å². The van der Waals surface area contributed by atoms with Gasteiger partial charge in [0.1, 0.15) is 0 Å². The molecule has 0 saturated heterocycles. The van der Waals surface area contributed by atoms with Gasteiger partial charge in [0, 0.05) is 5.39 Å². The van der Waals surface area contributed by atoms with Gasteiger partial charge in [-0.15, -0.1) is 0 Å². The topological polar surface area (TPSA) is 74.6 Å². The zero-order valence-electron chi connectivity index (χ0n) is 11.3. The van der Waals surface area contributed by atoms with E-state index in [4.69, 9.17) is 0 Å². The Morgan fingerprint density at radius 1 is 0.905 bits per heavy atom. The van der Waals surface area contributed by atoms with Gasteiger partial charge in [-0.25, -0.2) is 9.59 Å². The molecule has 0 aromatic heterocycles. The van der Waals surface area contributed by atoms with Crippen LogP contribution in [0.2, 0.25) is 0 Å². The summed E-state index contributed by atoms with van der Waals surface area (Å²) >= 11 is 0. The van der Waals surface area contributed by atoms with E-state index in [-0.39, 0.29) is 16.5 Å². The number of aryl methyl sites for hydroxylation is 1. The SMILES string of the molecule is Cc1ccc2cc3cccc(C(=O)O)c3c(C(=O)O)c2c1. The van der Waals surface area contributed by atoms with E-state index in [0.717, 1.165) is 10.9 Å². The van der Waals surface area contributed by atoms with Crippen LogP contribution in [-0.4, -0.2) is 22.2 Å². The maximum atomic E-state index is 11.7. The molecule has 0 aliphatic heterocycles. The summed E-state index contributed by atoms with van der Waals surface area (Å²) in [6.45, 7) is 1.87. The summed E-state index contributed by atoms with van der Waals surface area (Å²) in [4.78, 5) is 23.1. The summed E-state index contributed by atoms with van der Waals surface area (Å²) in [5.41, 5.74) is 0.981. The Morgan fingerprint density at radius 2 is 1.67 bits per heavy atom. The first kappa shape index (κ1) is 13.1. The molecule has 0 aliphatic carbocycles. The lowest BCUT2D eigenvalue weighted by molar-refractivity contribution is 0.0696. The molecule has 3 aromatic rings. The average Bonchev–Trinajstić information content (AvgIpc) is 2.43. The van der Waals surface area contributed by atoms with Crippen LogP contribution in [0.25, 0.3) is 21.5 Å². The molecule has 4 nitrogen and oxygen atoms in total. The maximum Gasteiger partial charge on any atom is 0.336 e. The largest absolute Gasteiger partial charge is 0.478 e. The molecule has 0 bridgehead atoms. The van der Waals surface area contributed by atoms with Crippen molar-refractivity contribution in [3.8, 4) is 0 Å². The number of rotatable bonds is 2. The van der Waals surface area contributed by atoms with Crippen LogP contribution in [-0.2, 0) is 0 Å². The number of carboxylic acids is 2. The molecule has 0 saturated carbocycles. The van der Waals surface area contributed by atoms with E-state index in [9.17, 15) is 19.8 Å². The van der Waals surface area contributed by atoms with Crippen molar-refractivity contribution >= 4 is 33.5 Å². The molecule has 0 radical (unpaired) electrons. The second-order valence-electron chi connectivity index (χ2n) is 4.99. The van der Waals surface area contributed by atoms with E-state index < -0.39 is 11.9 Å². The molecule has 104 valence electrons. The Bertz CT molecular complexity index is 909. The fourth-order valence-electron chi connectivity index (χ4n) is 2.68. The highest BCUT2D eigenvalue weighted by atomic mass is 16.4. The summed E-state index contributed by atoms with van der Waals surface area (Å²) in [5.74, 6) is -2.25. The van der Waals surface area contributed by atoms with Gasteiger partial charge in [0.05, 0.1) is 11.1 Å². The molecule has 2 N–H and O–H groups in total. The van der Waals surface area contributed by atoms with Crippen molar-refractivity contribution in [1.29, 1.82) is 0 Å². The number of hydrogen-bond donors (Lipinski definition) is 2. The van der Waals surface area contributed by atoms with Crippen LogP contribution in [0, 0.1) is 6.92 Å². The minimum absolute atomic E-state index is 0.00769. The van der Waals surface area contributed by atoms with E-state index in [1.807, 2.05) is 25.1 Å². The first-order valence-corrected chi connectivity index (χ1v) is 6.41. The van der Waals surface area contributed by atoms with Crippen molar-refractivity contribution in [3.63, 3.8) is 0 Å². The Balaban J connectivity index is 2.63. The van der Waals surface area contributed by atoms with Gasteiger partial charge in [0.25, 0.3) is 0 Å². The monoisotopic (exact) mass is 280 g/mol. The smallest absolute Gasteiger partial charge is 0.336 e. The van der Waals surface area contributed by atoms with Crippen LogP contribution in [0.1, 0.15) is 26.3 Å². The Morgan fingerprint density at radius 3 is 2.33 bits per heavy atom. The number of hydrogen-bond acceptors (Lipinski definition) is 2. The molecule has 4 heteroatoms. The fourth-order valence-corrected chi connectivity index (χ4v) is 2.68. The zero-order valence-corrected chi connectivity index (χ0v) is 11.3. The highest BCUT2D eigenvalue weighted by Crippen LogP contribution is 2.31. The van der Waals surface area contributed by atoms with Gasteiger partial charge in [0.2, 0.25) is 0 Å². The molecular weight excluding hydrogens is 268 g/mol. The molecule has 0 spiro atoms. The average molecular weight is 280 g/mol. The minimum atomic E-state index is -1.13. The summed E-state index contributed by atoms with van der Waals surface area (Å²) < 4.78 is 0. The fraction of sp³-hybridized carbons (Fsp3) is 0.0588. The Kier molecular flexibility index (Phi) is 2.87. The van der Waals surface area contributed by atoms with Crippen LogP contribution in [0.4, 0.5) is 0 Å². The van der Waals surface area contributed by atoms with Crippen molar-refractivity contribution in [1.82, 2.24) is 0 Å². The molecule has 0 amide bonds. The normalized spacial score (nSPS) is 10.9.